The van der Waals surface area contributed by atoms with Gasteiger partial charge >= 0.3 is 6.18 Å². The van der Waals surface area contributed by atoms with Crippen LogP contribution in [0.5, 0.6) is 0 Å². The Kier molecular flexibility index (Phi) is 3.71. The molecule has 0 spiro atoms. The zero-order chi connectivity index (χ0) is 8.20. The summed E-state index contributed by atoms with van der Waals surface area (Å²) in [6, 6.07) is 0.565. The number of halogens is 3. The summed E-state index contributed by atoms with van der Waals surface area (Å²) in [6.07, 6.45) is -0.110. The molecule has 0 atom stereocenters. The number of alkyl halides is 3. The molecule has 0 bridgehead atoms. The predicted octanol–water partition coefficient (Wildman–Crippen LogP) is 2.07. The molecule has 0 aliphatic heterocycles. The van der Waals surface area contributed by atoms with Crippen LogP contribution in [0.15, 0.2) is 0 Å². The third kappa shape index (κ3) is 10.7. The van der Waals surface area contributed by atoms with Gasteiger partial charge in [0.05, 0.1) is 0 Å². The smallest absolute Gasteiger partial charge is 0.328 e. The molecule has 2 N–H and O–H groups in total. The van der Waals surface area contributed by atoms with Crippen molar-refractivity contribution in [2.45, 2.75) is 38.4 Å². The average Bonchev–Trinajstić information content (AvgIpc) is 1.56. The van der Waals surface area contributed by atoms with E-state index in [4.69, 9.17) is 5.73 Å². The van der Waals surface area contributed by atoms with Crippen LogP contribution in [0.2, 0.25) is 0 Å². The van der Waals surface area contributed by atoms with Crippen LogP contribution in [0.1, 0.15) is 26.2 Å². The van der Waals surface area contributed by atoms with Crippen molar-refractivity contribution in [2.75, 3.05) is 0 Å². The highest BCUT2D eigenvalue weighted by atomic mass is 19.4. The predicted molar refractivity (Wildman–Crippen MR) is 33.6 cm³/mol. The van der Waals surface area contributed by atoms with Crippen molar-refractivity contribution in [2.24, 2.45) is 5.73 Å². The first-order chi connectivity index (χ1) is 4.39. The first-order valence-electron chi connectivity index (χ1n) is 3.22. The highest BCUT2D eigenvalue weighted by Crippen LogP contribution is 2.14. The molecule has 1 rings (SSSR count). The number of rotatable bonds is 0. The maximum absolute atomic E-state index is 10.4. The SMILES string of the molecule is CC(F)(F)F.NC1CCC1. The van der Waals surface area contributed by atoms with E-state index in [9.17, 15) is 13.2 Å². The lowest BCUT2D eigenvalue weighted by molar-refractivity contribution is -0.110. The van der Waals surface area contributed by atoms with Crippen molar-refractivity contribution in [1.82, 2.24) is 0 Å². The van der Waals surface area contributed by atoms with Crippen molar-refractivity contribution in [3.8, 4) is 0 Å². The molecule has 0 aromatic rings. The summed E-state index contributed by atoms with van der Waals surface area (Å²) in [5, 5.41) is 0. The Morgan fingerprint density at radius 2 is 1.50 bits per heavy atom. The standard InChI is InChI=1S/C4H9N.C2H3F3/c5-4-2-1-3-4;1-2(3,4)5/h4H,1-3,5H2;1H3. The monoisotopic (exact) mass is 155 g/mol. The molecule has 0 aromatic carbocycles. The van der Waals surface area contributed by atoms with E-state index in [-0.39, 0.29) is 6.92 Å². The number of hydrogen-bond donors (Lipinski definition) is 1. The molecule has 10 heavy (non-hydrogen) atoms. The van der Waals surface area contributed by atoms with Gasteiger partial charge in [-0.25, -0.2) is 0 Å². The van der Waals surface area contributed by atoms with E-state index in [1.807, 2.05) is 0 Å². The van der Waals surface area contributed by atoms with E-state index in [0.717, 1.165) is 0 Å². The van der Waals surface area contributed by atoms with Crippen LogP contribution >= 0.6 is 0 Å². The normalized spacial score (nSPS) is 18.9. The molecule has 1 fully saturated rings. The lowest BCUT2D eigenvalue weighted by Gasteiger charge is -2.18. The van der Waals surface area contributed by atoms with Crippen molar-refractivity contribution < 1.29 is 13.2 Å². The molecule has 0 heterocycles. The van der Waals surface area contributed by atoms with Gasteiger partial charge in [0.15, 0.2) is 0 Å². The number of nitrogens with two attached hydrogens (primary N) is 1. The van der Waals surface area contributed by atoms with Crippen molar-refractivity contribution in [3.05, 3.63) is 0 Å². The maximum Gasteiger partial charge on any atom is 0.386 e. The fraction of sp³-hybridized carbons (Fsp3) is 1.00. The van der Waals surface area contributed by atoms with Gasteiger partial charge in [-0.05, 0) is 12.8 Å². The van der Waals surface area contributed by atoms with E-state index in [2.05, 4.69) is 0 Å². The van der Waals surface area contributed by atoms with Gasteiger partial charge in [-0.1, -0.05) is 6.42 Å². The van der Waals surface area contributed by atoms with Gasteiger partial charge in [-0.3, -0.25) is 0 Å². The molecule has 0 aromatic heterocycles. The molecular formula is C6H12F3N. The lowest BCUT2D eigenvalue weighted by Crippen LogP contribution is -2.27. The Bertz CT molecular complexity index is 79.5. The minimum Gasteiger partial charge on any atom is -0.328 e. The lowest BCUT2D eigenvalue weighted by atomic mass is 9.95. The van der Waals surface area contributed by atoms with Gasteiger partial charge in [0.1, 0.15) is 0 Å². The molecule has 0 radical (unpaired) electrons. The van der Waals surface area contributed by atoms with E-state index < -0.39 is 6.18 Å². The van der Waals surface area contributed by atoms with Crippen molar-refractivity contribution in [3.63, 3.8) is 0 Å². The second-order valence-electron chi connectivity index (χ2n) is 2.47. The second-order valence-corrected chi connectivity index (χ2v) is 2.47. The first kappa shape index (κ1) is 9.75. The molecule has 1 aliphatic carbocycles. The fourth-order valence-corrected chi connectivity index (χ4v) is 0.440. The van der Waals surface area contributed by atoms with Crippen LogP contribution in [0.3, 0.4) is 0 Å². The van der Waals surface area contributed by atoms with E-state index in [1.165, 1.54) is 19.3 Å². The molecular weight excluding hydrogens is 143 g/mol. The molecule has 62 valence electrons. The minimum absolute atomic E-state index is 0.188. The van der Waals surface area contributed by atoms with Gasteiger partial charge < -0.3 is 5.73 Å². The summed E-state index contributed by atoms with van der Waals surface area (Å²) in [5.74, 6) is 0. The van der Waals surface area contributed by atoms with Crippen LogP contribution in [0.4, 0.5) is 13.2 Å². The summed E-state index contributed by atoms with van der Waals surface area (Å²) in [7, 11) is 0. The zero-order valence-electron chi connectivity index (χ0n) is 5.91. The summed E-state index contributed by atoms with van der Waals surface area (Å²) < 4.78 is 31.1. The summed E-state index contributed by atoms with van der Waals surface area (Å²) in [5.41, 5.74) is 5.38. The largest absolute Gasteiger partial charge is 0.386 e. The minimum atomic E-state index is -4.00. The quantitative estimate of drug-likeness (QED) is 0.569. The van der Waals surface area contributed by atoms with Gasteiger partial charge in [0, 0.05) is 13.0 Å². The molecule has 0 unspecified atom stereocenters. The van der Waals surface area contributed by atoms with Crippen LogP contribution < -0.4 is 5.73 Å². The Balaban J connectivity index is 0.000000162. The van der Waals surface area contributed by atoms with E-state index in [0.29, 0.717) is 6.04 Å². The Hall–Kier alpha value is -0.250. The second kappa shape index (κ2) is 3.81. The van der Waals surface area contributed by atoms with Gasteiger partial charge in [-0.2, -0.15) is 13.2 Å². The molecule has 0 saturated heterocycles. The highest BCUT2D eigenvalue weighted by molar-refractivity contribution is 4.70. The van der Waals surface area contributed by atoms with E-state index in [1.54, 1.807) is 0 Å². The summed E-state index contributed by atoms with van der Waals surface area (Å²) >= 11 is 0. The van der Waals surface area contributed by atoms with Crippen molar-refractivity contribution in [1.29, 1.82) is 0 Å². The summed E-state index contributed by atoms with van der Waals surface area (Å²) in [6.45, 7) is 0.188. The van der Waals surface area contributed by atoms with Crippen LogP contribution in [0, 0.1) is 0 Å². The third-order valence-electron chi connectivity index (χ3n) is 1.15. The van der Waals surface area contributed by atoms with Crippen LogP contribution in [0.25, 0.3) is 0 Å². The average molecular weight is 155 g/mol. The third-order valence-corrected chi connectivity index (χ3v) is 1.15. The highest BCUT2D eigenvalue weighted by Gasteiger charge is 2.15. The maximum atomic E-state index is 10.4. The molecule has 1 saturated carbocycles. The molecule has 4 heteroatoms. The Morgan fingerprint density at radius 3 is 1.50 bits per heavy atom. The van der Waals surface area contributed by atoms with Crippen molar-refractivity contribution >= 4 is 0 Å². The van der Waals surface area contributed by atoms with E-state index >= 15 is 0 Å². The van der Waals surface area contributed by atoms with Crippen LogP contribution in [-0.2, 0) is 0 Å². The van der Waals surface area contributed by atoms with Gasteiger partial charge in [0.2, 0.25) is 0 Å². The zero-order valence-corrected chi connectivity index (χ0v) is 5.91. The molecule has 1 nitrogen and oxygen atoms in total. The van der Waals surface area contributed by atoms with Gasteiger partial charge in [0.25, 0.3) is 0 Å². The number of hydrogen-bond acceptors (Lipinski definition) is 1. The molecule has 0 amide bonds. The Labute approximate surface area is 58.4 Å². The first-order valence-corrected chi connectivity index (χ1v) is 3.22. The molecule has 1 aliphatic rings. The topological polar surface area (TPSA) is 26.0 Å². The Morgan fingerprint density at radius 1 is 1.30 bits per heavy atom. The van der Waals surface area contributed by atoms with Crippen LogP contribution in [-0.4, -0.2) is 12.2 Å². The summed E-state index contributed by atoms with van der Waals surface area (Å²) in [4.78, 5) is 0. The van der Waals surface area contributed by atoms with Gasteiger partial charge in [-0.15, -0.1) is 0 Å². The fourth-order valence-electron chi connectivity index (χ4n) is 0.440.